The summed E-state index contributed by atoms with van der Waals surface area (Å²) in [4.78, 5) is 37.4. The molecule has 1 heterocycles. The summed E-state index contributed by atoms with van der Waals surface area (Å²) < 4.78 is 5.72. The minimum atomic E-state index is -1.08. The van der Waals surface area contributed by atoms with E-state index in [9.17, 15) is 14.4 Å². The summed E-state index contributed by atoms with van der Waals surface area (Å²) in [7, 11) is 0. The molecule has 0 saturated carbocycles. The summed E-state index contributed by atoms with van der Waals surface area (Å²) in [5.74, 6) is -0.938. The fraction of sp³-hybridized carbons (Fsp3) is 0. The molecule has 2 amide bonds. The number of benzene rings is 3. The van der Waals surface area contributed by atoms with E-state index < -0.39 is 17.8 Å². The first-order valence-corrected chi connectivity index (χ1v) is 8.14. The van der Waals surface area contributed by atoms with E-state index in [1.807, 2.05) is 18.2 Å². The minimum Gasteiger partial charge on any atom is -0.478 e. The van der Waals surface area contributed by atoms with Crippen LogP contribution < -0.4 is 9.64 Å². The van der Waals surface area contributed by atoms with Gasteiger partial charge in [0, 0.05) is 0 Å². The predicted molar refractivity (Wildman–Crippen MR) is 97.5 cm³/mol. The molecule has 0 fully saturated rings. The first kappa shape index (κ1) is 16.5. The van der Waals surface area contributed by atoms with Crippen molar-refractivity contribution in [2.45, 2.75) is 0 Å². The van der Waals surface area contributed by atoms with Gasteiger partial charge >= 0.3 is 5.97 Å². The lowest BCUT2D eigenvalue weighted by Gasteiger charge is -2.13. The standard InChI is InChI=1S/C21H13NO5/c23-19-17-11-10-16(27-15-4-2-1-3-5-15)12-18(17)20(24)22(19)14-8-6-13(7-9-14)21(25)26/h1-12H,(H,25,26). The second kappa shape index (κ2) is 6.42. The highest BCUT2D eigenvalue weighted by atomic mass is 16.5. The van der Waals surface area contributed by atoms with Crippen LogP contribution in [0.4, 0.5) is 5.69 Å². The highest BCUT2D eigenvalue weighted by molar-refractivity contribution is 6.34. The highest BCUT2D eigenvalue weighted by Crippen LogP contribution is 2.32. The third-order valence-electron chi connectivity index (χ3n) is 4.21. The molecule has 0 aliphatic carbocycles. The van der Waals surface area contributed by atoms with Crippen molar-refractivity contribution >= 4 is 23.5 Å². The van der Waals surface area contributed by atoms with Gasteiger partial charge in [0.05, 0.1) is 22.4 Å². The van der Waals surface area contributed by atoms with Crippen LogP contribution in [0, 0.1) is 0 Å². The first-order valence-electron chi connectivity index (χ1n) is 8.14. The average molecular weight is 359 g/mol. The van der Waals surface area contributed by atoms with Gasteiger partial charge in [-0.3, -0.25) is 9.59 Å². The highest BCUT2D eigenvalue weighted by Gasteiger charge is 2.37. The molecule has 0 atom stereocenters. The number of carboxylic acids is 1. The number of nitrogens with zero attached hydrogens (tertiary/aromatic N) is 1. The Labute approximate surface area is 154 Å². The lowest BCUT2D eigenvalue weighted by atomic mass is 10.1. The van der Waals surface area contributed by atoms with E-state index in [0.717, 1.165) is 4.90 Å². The third kappa shape index (κ3) is 2.93. The summed E-state index contributed by atoms with van der Waals surface area (Å²) in [5, 5.41) is 8.98. The van der Waals surface area contributed by atoms with E-state index in [-0.39, 0.29) is 16.7 Å². The van der Waals surface area contributed by atoms with E-state index in [0.29, 0.717) is 17.2 Å². The van der Waals surface area contributed by atoms with Crippen LogP contribution in [0.15, 0.2) is 72.8 Å². The minimum absolute atomic E-state index is 0.0777. The number of hydrogen-bond donors (Lipinski definition) is 1. The Morgan fingerprint density at radius 2 is 1.44 bits per heavy atom. The molecule has 0 unspecified atom stereocenters. The lowest BCUT2D eigenvalue weighted by molar-refractivity contribution is 0.0696. The Morgan fingerprint density at radius 3 is 2.11 bits per heavy atom. The average Bonchev–Trinajstić information content (AvgIpc) is 2.93. The van der Waals surface area contributed by atoms with Crippen molar-refractivity contribution in [3.8, 4) is 11.5 Å². The number of aromatic carboxylic acids is 1. The zero-order chi connectivity index (χ0) is 19.0. The zero-order valence-electron chi connectivity index (χ0n) is 14.0. The molecule has 6 nitrogen and oxygen atoms in total. The molecule has 4 rings (SSSR count). The number of imide groups is 1. The summed E-state index contributed by atoms with van der Waals surface area (Å²) in [6.07, 6.45) is 0. The number of fused-ring (bicyclic) bond motifs is 1. The van der Waals surface area contributed by atoms with Crippen molar-refractivity contribution in [3.63, 3.8) is 0 Å². The van der Waals surface area contributed by atoms with Crippen molar-refractivity contribution in [2.75, 3.05) is 4.90 Å². The van der Waals surface area contributed by atoms with Gasteiger partial charge in [0.2, 0.25) is 0 Å². The molecule has 0 spiro atoms. The summed E-state index contributed by atoms with van der Waals surface area (Å²) in [6.45, 7) is 0. The SMILES string of the molecule is O=C(O)c1ccc(N2C(=O)c3ccc(Oc4ccccc4)cc3C2=O)cc1. The number of anilines is 1. The molecule has 0 bridgehead atoms. The molecule has 1 aliphatic heterocycles. The lowest BCUT2D eigenvalue weighted by Crippen LogP contribution is -2.29. The van der Waals surface area contributed by atoms with Crippen LogP contribution in [0.1, 0.15) is 31.1 Å². The molecular weight excluding hydrogens is 346 g/mol. The Balaban J connectivity index is 1.65. The third-order valence-corrected chi connectivity index (χ3v) is 4.21. The normalized spacial score (nSPS) is 12.8. The Bertz CT molecular complexity index is 1060. The molecular formula is C21H13NO5. The molecule has 132 valence electrons. The van der Waals surface area contributed by atoms with Crippen LogP contribution in [0.25, 0.3) is 0 Å². The van der Waals surface area contributed by atoms with Crippen molar-refractivity contribution < 1.29 is 24.2 Å². The number of carbonyl (C=O) groups excluding carboxylic acids is 2. The number of amides is 2. The van der Waals surface area contributed by atoms with Crippen LogP contribution >= 0.6 is 0 Å². The maximum Gasteiger partial charge on any atom is 0.335 e. The second-order valence-corrected chi connectivity index (χ2v) is 5.92. The van der Waals surface area contributed by atoms with Gasteiger partial charge in [0.25, 0.3) is 11.8 Å². The van der Waals surface area contributed by atoms with Gasteiger partial charge in [-0.25, -0.2) is 9.69 Å². The molecule has 6 heteroatoms. The van der Waals surface area contributed by atoms with Gasteiger partial charge in [-0.2, -0.15) is 0 Å². The van der Waals surface area contributed by atoms with Crippen LogP contribution in [-0.2, 0) is 0 Å². The van der Waals surface area contributed by atoms with Crippen molar-refractivity contribution in [1.29, 1.82) is 0 Å². The van der Waals surface area contributed by atoms with E-state index in [1.165, 1.54) is 30.3 Å². The number of hydrogen-bond acceptors (Lipinski definition) is 4. The van der Waals surface area contributed by atoms with E-state index in [4.69, 9.17) is 9.84 Å². The van der Waals surface area contributed by atoms with Gasteiger partial charge < -0.3 is 9.84 Å². The van der Waals surface area contributed by atoms with Crippen LogP contribution in [-0.4, -0.2) is 22.9 Å². The number of carboxylic acid groups (broad SMARTS) is 1. The Morgan fingerprint density at radius 1 is 0.778 bits per heavy atom. The van der Waals surface area contributed by atoms with Gasteiger partial charge in [-0.15, -0.1) is 0 Å². The summed E-state index contributed by atoms with van der Waals surface area (Å²) >= 11 is 0. The predicted octanol–water partition coefficient (Wildman–Crippen LogP) is 3.98. The maximum atomic E-state index is 12.8. The molecule has 3 aromatic rings. The van der Waals surface area contributed by atoms with Crippen LogP contribution in [0.2, 0.25) is 0 Å². The molecule has 27 heavy (non-hydrogen) atoms. The molecule has 1 N–H and O–H groups in total. The topological polar surface area (TPSA) is 83.9 Å². The number of rotatable bonds is 4. The molecule has 1 aliphatic rings. The monoisotopic (exact) mass is 359 g/mol. The van der Waals surface area contributed by atoms with Crippen molar-refractivity contribution in [1.82, 2.24) is 0 Å². The number of para-hydroxylation sites is 1. The van der Waals surface area contributed by atoms with E-state index >= 15 is 0 Å². The van der Waals surface area contributed by atoms with Crippen molar-refractivity contribution in [2.24, 2.45) is 0 Å². The summed E-state index contributed by atoms with van der Waals surface area (Å²) in [5.41, 5.74) is 0.920. The van der Waals surface area contributed by atoms with Gasteiger partial charge in [0.1, 0.15) is 11.5 Å². The number of ether oxygens (including phenoxy) is 1. The van der Waals surface area contributed by atoms with Crippen molar-refractivity contribution in [3.05, 3.63) is 89.5 Å². The van der Waals surface area contributed by atoms with Gasteiger partial charge in [-0.1, -0.05) is 18.2 Å². The quantitative estimate of drug-likeness (QED) is 0.713. The van der Waals surface area contributed by atoms with Gasteiger partial charge in [0.15, 0.2) is 0 Å². The maximum absolute atomic E-state index is 12.8. The Hall–Kier alpha value is -3.93. The smallest absolute Gasteiger partial charge is 0.335 e. The van der Waals surface area contributed by atoms with Gasteiger partial charge in [-0.05, 0) is 54.6 Å². The Kier molecular flexibility index (Phi) is 3.93. The number of carbonyl (C=O) groups is 3. The van der Waals surface area contributed by atoms with Crippen LogP contribution in [0.5, 0.6) is 11.5 Å². The molecule has 0 aromatic heterocycles. The fourth-order valence-corrected chi connectivity index (χ4v) is 2.90. The van der Waals surface area contributed by atoms with Crippen LogP contribution in [0.3, 0.4) is 0 Å². The van der Waals surface area contributed by atoms with E-state index in [1.54, 1.807) is 24.3 Å². The molecule has 3 aromatic carbocycles. The second-order valence-electron chi connectivity index (χ2n) is 5.92. The largest absolute Gasteiger partial charge is 0.478 e. The zero-order valence-corrected chi connectivity index (χ0v) is 14.0. The first-order chi connectivity index (χ1) is 13.0. The van der Waals surface area contributed by atoms with E-state index in [2.05, 4.69) is 0 Å². The molecule has 0 saturated heterocycles. The summed E-state index contributed by atoms with van der Waals surface area (Å²) in [6, 6.07) is 19.4. The fourth-order valence-electron chi connectivity index (χ4n) is 2.90. The molecule has 0 radical (unpaired) electrons.